The second-order valence-corrected chi connectivity index (χ2v) is 2.46. The Bertz CT molecular complexity index is 258. The zero-order valence-corrected chi connectivity index (χ0v) is 6.28. The van der Waals surface area contributed by atoms with Gasteiger partial charge in [-0.3, -0.25) is 0 Å². The van der Waals surface area contributed by atoms with Crippen LogP contribution >= 0.6 is 0 Å². The molecule has 0 bridgehead atoms. The van der Waals surface area contributed by atoms with E-state index in [0.717, 1.165) is 0 Å². The predicted octanol–water partition coefficient (Wildman–Crippen LogP) is -2.09. The lowest BCUT2D eigenvalue weighted by atomic mass is 10.1. The molecule has 0 spiro atoms. The van der Waals surface area contributed by atoms with Crippen molar-refractivity contribution in [1.82, 2.24) is 0 Å². The van der Waals surface area contributed by atoms with Crippen molar-refractivity contribution in [1.29, 1.82) is 0 Å². The number of rotatable bonds is 1. The fourth-order valence-electron chi connectivity index (χ4n) is 0.863. The third-order valence-corrected chi connectivity index (χ3v) is 1.56. The largest absolute Gasteiger partial charge is 0.506 e. The first kappa shape index (κ1) is 9.78. The Morgan fingerprint density at radius 1 is 1.31 bits per heavy atom. The fraction of sp³-hybridized carbons (Fsp3) is 0.500. The highest BCUT2D eigenvalue weighted by Crippen LogP contribution is 2.21. The van der Waals surface area contributed by atoms with Crippen LogP contribution in [0.3, 0.4) is 0 Å². The van der Waals surface area contributed by atoms with E-state index in [1.807, 2.05) is 0 Å². The molecule has 1 heterocycles. The van der Waals surface area contributed by atoms with Crippen LogP contribution in [0.15, 0.2) is 11.5 Å². The van der Waals surface area contributed by atoms with E-state index < -0.39 is 36.0 Å². The van der Waals surface area contributed by atoms with Crippen LogP contribution in [0.4, 0.5) is 0 Å². The van der Waals surface area contributed by atoms with Gasteiger partial charge in [0.15, 0.2) is 5.76 Å². The van der Waals surface area contributed by atoms with Crippen molar-refractivity contribution >= 4 is 5.97 Å². The molecule has 7 nitrogen and oxygen atoms in total. The molecule has 5 N–H and O–H groups in total. The molecule has 13 heavy (non-hydrogen) atoms. The molecule has 0 amide bonds. The van der Waals surface area contributed by atoms with Gasteiger partial charge in [-0.15, -0.1) is 0 Å². The summed E-state index contributed by atoms with van der Waals surface area (Å²) in [7, 11) is 0. The molecule has 0 aliphatic carbocycles. The molecule has 0 saturated carbocycles. The number of carboxylic acids is 1. The van der Waals surface area contributed by atoms with Crippen molar-refractivity contribution in [3.63, 3.8) is 0 Å². The number of ether oxygens (including phenoxy) is 1. The third kappa shape index (κ3) is 1.57. The predicted molar refractivity (Wildman–Crippen MR) is 36.4 cm³/mol. The molecule has 0 fully saturated rings. The molecule has 0 unspecified atom stereocenters. The van der Waals surface area contributed by atoms with Gasteiger partial charge in [0.2, 0.25) is 12.0 Å². The van der Waals surface area contributed by atoms with E-state index in [1.54, 1.807) is 0 Å². The van der Waals surface area contributed by atoms with E-state index >= 15 is 0 Å². The average molecular weight is 192 g/mol. The summed E-state index contributed by atoms with van der Waals surface area (Å²) in [5, 5.41) is 44.1. The monoisotopic (exact) mass is 192 g/mol. The fourth-order valence-corrected chi connectivity index (χ4v) is 0.863. The van der Waals surface area contributed by atoms with Crippen molar-refractivity contribution in [2.45, 2.75) is 18.5 Å². The van der Waals surface area contributed by atoms with Crippen molar-refractivity contribution in [3.8, 4) is 0 Å². The lowest BCUT2D eigenvalue weighted by molar-refractivity contribution is -0.194. The SMILES string of the molecule is O=C(O)C1=C(O)[C@@H](O)[C@H](O)[C@H](O)O1. The molecular formula is C6H8O7. The van der Waals surface area contributed by atoms with Gasteiger partial charge in [-0.05, 0) is 0 Å². The van der Waals surface area contributed by atoms with Gasteiger partial charge in [0.1, 0.15) is 12.2 Å². The first-order valence-corrected chi connectivity index (χ1v) is 3.32. The average Bonchev–Trinajstić information content (AvgIpc) is 2.07. The zero-order valence-electron chi connectivity index (χ0n) is 6.28. The second kappa shape index (κ2) is 3.21. The third-order valence-electron chi connectivity index (χ3n) is 1.56. The molecule has 0 saturated heterocycles. The van der Waals surface area contributed by atoms with Crippen LogP contribution in [0, 0.1) is 0 Å². The van der Waals surface area contributed by atoms with Gasteiger partial charge in [-0.25, -0.2) is 4.79 Å². The highest BCUT2D eigenvalue weighted by atomic mass is 16.6. The van der Waals surface area contributed by atoms with Crippen LogP contribution in [0.5, 0.6) is 0 Å². The smallest absolute Gasteiger partial charge is 0.375 e. The van der Waals surface area contributed by atoms with Gasteiger partial charge in [0.25, 0.3) is 0 Å². The minimum absolute atomic E-state index is 0.967. The minimum atomic E-state index is -1.86. The molecule has 1 aliphatic heterocycles. The Balaban J connectivity index is 3.01. The summed E-state index contributed by atoms with van der Waals surface area (Å²) >= 11 is 0. The van der Waals surface area contributed by atoms with Crippen molar-refractivity contribution in [2.24, 2.45) is 0 Å². The van der Waals surface area contributed by atoms with E-state index in [2.05, 4.69) is 4.74 Å². The number of carbonyl (C=O) groups is 1. The quantitative estimate of drug-likeness (QED) is 0.322. The van der Waals surface area contributed by atoms with Gasteiger partial charge >= 0.3 is 5.97 Å². The maximum atomic E-state index is 10.3. The van der Waals surface area contributed by atoms with E-state index in [1.165, 1.54) is 0 Å². The molecule has 0 aromatic carbocycles. The standard InChI is InChI=1S/C6H8O7/c7-1-2(8)4(5(10)11)13-6(12)3(1)9/h1,3,6-9,12H,(H,10,11)/t1-,3+,6-/m1/s1. The van der Waals surface area contributed by atoms with E-state index in [0.29, 0.717) is 0 Å². The lowest BCUT2D eigenvalue weighted by Crippen LogP contribution is -2.45. The summed E-state index contributed by atoms with van der Waals surface area (Å²) in [5.74, 6) is -3.61. The lowest BCUT2D eigenvalue weighted by Gasteiger charge is -2.28. The second-order valence-electron chi connectivity index (χ2n) is 2.46. The Hall–Kier alpha value is -1.31. The van der Waals surface area contributed by atoms with Crippen LogP contribution < -0.4 is 0 Å². The van der Waals surface area contributed by atoms with Crippen LogP contribution in [-0.4, -0.2) is 50.0 Å². The van der Waals surface area contributed by atoms with Crippen molar-refractivity contribution in [2.75, 3.05) is 0 Å². The highest BCUT2D eigenvalue weighted by molar-refractivity contribution is 5.85. The number of aliphatic hydroxyl groups excluding tert-OH is 4. The Kier molecular flexibility index (Phi) is 2.41. The summed E-state index contributed by atoms with van der Waals surface area (Å²) in [5.41, 5.74) is 0. The summed E-state index contributed by atoms with van der Waals surface area (Å²) in [6, 6.07) is 0. The zero-order chi connectivity index (χ0) is 10.2. The molecule has 1 rings (SSSR count). The Morgan fingerprint density at radius 3 is 2.31 bits per heavy atom. The maximum absolute atomic E-state index is 10.3. The minimum Gasteiger partial charge on any atom is -0.506 e. The topological polar surface area (TPSA) is 127 Å². The number of carboxylic acid groups (broad SMARTS) is 1. The summed E-state index contributed by atoms with van der Waals surface area (Å²) in [4.78, 5) is 10.3. The molecule has 0 aromatic rings. The molecule has 1 aliphatic rings. The molecule has 0 radical (unpaired) electrons. The van der Waals surface area contributed by atoms with Crippen LogP contribution in [0.2, 0.25) is 0 Å². The molecule has 7 heteroatoms. The maximum Gasteiger partial charge on any atom is 0.375 e. The number of aliphatic carboxylic acids is 1. The van der Waals surface area contributed by atoms with Crippen LogP contribution in [-0.2, 0) is 9.53 Å². The molecule has 3 atom stereocenters. The van der Waals surface area contributed by atoms with Gasteiger partial charge in [0, 0.05) is 0 Å². The number of hydrogen-bond donors (Lipinski definition) is 5. The van der Waals surface area contributed by atoms with E-state index in [-0.39, 0.29) is 0 Å². The first-order chi connectivity index (χ1) is 5.95. The summed E-state index contributed by atoms with van der Waals surface area (Å²) < 4.78 is 4.22. The number of aliphatic hydroxyl groups is 4. The summed E-state index contributed by atoms with van der Waals surface area (Å²) in [6.07, 6.45) is -5.48. The van der Waals surface area contributed by atoms with Gasteiger partial charge < -0.3 is 30.3 Å². The van der Waals surface area contributed by atoms with E-state index in [4.69, 9.17) is 25.5 Å². The first-order valence-electron chi connectivity index (χ1n) is 3.32. The summed E-state index contributed by atoms with van der Waals surface area (Å²) in [6.45, 7) is 0. The Labute approximate surface area is 72.1 Å². The van der Waals surface area contributed by atoms with Crippen LogP contribution in [0.1, 0.15) is 0 Å². The number of hydrogen-bond acceptors (Lipinski definition) is 6. The molecule has 74 valence electrons. The molecular weight excluding hydrogens is 184 g/mol. The van der Waals surface area contributed by atoms with Crippen LogP contribution in [0.25, 0.3) is 0 Å². The molecule has 0 aromatic heterocycles. The van der Waals surface area contributed by atoms with Crippen molar-refractivity contribution < 1.29 is 35.1 Å². The van der Waals surface area contributed by atoms with Gasteiger partial charge in [0.05, 0.1) is 0 Å². The Morgan fingerprint density at radius 2 is 1.85 bits per heavy atom. The van der Waals surface area contributed by atoms with E-state index in [9.17, 15) is 4.79 Å². The highest BCUT2D eigenvalue weighted by Gasteiger charge is 2.39. The van der Waals surface area contributed by atoms with Gasteiger partial charge in [-0.2, -0.15) is 0 Å². The normalized spacial score (nSPS) is 34.2. The van der Waals surface area contributed by atoms with Gasteiger partial charge in [-0.1, -0.05) is 0 Å². The van der Waals surface area contributed by atoms with Crippen molar-refractivity contribution in [3.05, 3.63) is 11.5 Å².